The van der Waals surface area contributed by atoms with Crippen molar-refractivity contribution >= 4 is 11.3 Å². The van der Waals surface area contributed by atoms with Crippen LogP contribution in [0.2, 0.25) is 0 Å². The van der Waals surface area contributed by atoms with Crippen LogP contribution in [0.3, 0.4) is 0 Å². The second-order valence-corrected chi connectivity index (χ2v) is 6.63. The van der Waals surface area contributed by atoms with E-state index >= 15 is 0 Å². The Balaban J connectivity index is 1.85. The summed E-state index contributed by atoms with van der Waals surface area (Å²) in [6.45, 7) is 5.84. The van der Waals surface area contributed by atoms with Gasteiger partial charge in [0.15, 0.2) is 0 Å². The van der Waals surface area contributed by atoms with Gasteiger partial charge in [0.2, 0.25) is 0 Å². The second-order valence-electron chi connectivity index (χ2n) is 5.65. The molecule has 1 aromatic rings. The van der Waals surface area contributed by atoms with Gasteiger partial charge in [-0.15, -0.1) is 11.3 Å². The fraction of sp³-hybridized carbons (Fsp3) is 0.733. The van der Waals surface area contributed by atoms with Crippen molar-refractivity contribution in [2.45, 2.75) is 52.0 Å². The molecule has 1 saturated carbocycles. The van der Waals surface area contributed by atoms with Gasteiger partial charge in [0.25, 0.3) is 0 Å². The van der Waals surface area contributed by atoms with Gasteiger partial charge in [0.05, 0.1) is 0 Å². The number of hydrogen-bond donors (Lipinski definition) is 1. The lowest BCUT2D eigenvalue weighted by molar-refractivity contribution is 0.309. The van der Waals surface area contributed by atoms with Crippen LogP contribution in [0.5, 0.6) is 0 Å². The van der Waals surface area contributed by atoms with Crippen LogP contribution < -0.4 is 5.32 Å². The highest BCUT2D eigenvalue weighted by Gasteiger charge is 2.19. The Kier molecular flexibility index (Phi) is 5.05. The first-order valence-corrected chi connectivity index (χ1v) is 7.92. The normalized spacial score (nSPS) is 19.7. The fourth-order valence-electron chi connectivity index (χ4n) is 2.82. The average Bonchev–Trinajstić information content (AvgIpc) is 2.84. The third-order valence-corrected chi connectivity index (χ3v) is 4.82. The summed E-state index contributed by atoms with van der Waals surface area (Å²) in [5.41, 5.74) is 0. The van der Waals surface area contributed by atoms with Crippen molar-refractivity contribution in [3.8, 4) is 0 Å². The van der Waals surface area contributed by atoms with E-state index in [1.807, 2.05) is 11.3 Å². The van der Waals surface area contributed by atoms with E-state index in [0.29, 0.717) is 12.0 Å². The summed E-state index contributed by atoms with van der Waals surface area (Å²) in [5.74, 6) is 1.60. The standard InChI is InChI=1S/C15H25NS/c1-12(2)15(14-9-6-10-17-14)16-11-13-7-4-3-5-8-13/h6,9-10,12-13,15-16H,3-5,7-8,11H2,1-2H3. The van der Waals surface area contributed by atoms with E-state index < -0.39 is 0 Å². The van der Waals surface area contributed by atoms with Crippen LogP contribution in [-0.2, 0) is 0 Å². The largest absolute Gasteiger partial charge is 0.309 e. The van der Waals surface area contributed by atoms with Gasteiger partial charge in [-0.25, -0.2) is 0 Å². The van der Waals surface area contributed by atoms with Crippen molar-refractivity contribution in [3.63, 3.8) is 0 Å². The van der Waals surface area contributed by atoms with Crippen LogP contribution in [0.25, 0.3) is 0 Å². The van der Waals surface area contributed by atoms with Gasteiger partial charge in [-0.05, 0) is 42.7 Å². The van der Waals surface area contributed by atoms with Crippen LogP contribution in [0.15, 0.2) is 17.5 Å². The molecule has 0 spiro atoms. The fourth-order valence-corrected chi connectivity index (χ4v) is 3.79. The molecule has 1 fully saturated rings. The topological polar surface area (TPSA) is 12.0 Å². The third kappa shape index (κ3) is 3.82. The monoisotopic (exact) mass is 251 g/mol. The van der Waals surface area contributed by atoms with E-state index in [9.17, 15) is 0 Å². The van der Waals surface area contributed by atoms with Gasteiger partial charge in [0, 0.05) is 10.9 Å². The molecule has 1 unspecified atom stereocenters. The Labute approximate surface area is 110 Å². The van der Waals surface area contributed by atoms with Gasteiger partial charge in [-0.1, -0.05) is 39.2 Å². The lowest BCUT2D eigenvalue weighted by Crippen LogP contribution is -2.30. The van der Waals surface area contributed by atoms with E-state index in [2.05, 4.69) is 36.7 Å². The summed E-state index contributed by atoms with van der Waals surface area (Å²) in [6, 6.07) is 4.98. The molecule has 1 nitrogen and oxygen atoms in total. The molecule has 0 bridgehead atoms. The molecule has 1 heterocycles. The van der Waals surface area contributed by atoms with Gasteiger partial charge in [-0.3, -0.25) is 0 Å². The minimum absolute atomic E-state index is 0.553. The third-order valence-electron chi connectivity index (χ3n) is 3.87. The highest BCUT2D eigenvalue weighted by Crippen LogP contribution is 2.28. The molecule has 17 heavy (non-hydrogen) atoms. The molecular weight excluding hydrogens is 226 g/mol. The summed E-state index contributed by atoms with van der Waals surface area (Å²) in [7, 11) is 0. The quantitative estimate of drug-likeness (QED) is 0.805. The smallest absolute Gasteiger partial charge is 0.0438 e. The Morgan fingerprint density at radius 1 is 1.29 bits per heavy atom. The first kappa shape index (κ1) is 13.1. The molecule has 1 atom stereocenters. The number of hydrogen-bond acceptors (Lipinski definition) is 2. The van der Waals surface area contributed by atoms with E-state index in [-0.39, 0.29) is 0 Å². The Hall–Kier alpha value is -0.340. The molecular formula is C15H25NS. The van der Waals surface area contributed by atoms with Crippen LogP contribution in [0, 0.1) is 11.8 Å². The van der Waals surface area contributed by atoms with E-state index in [1.165, 1.54) is 43.5 Å². The molecule has 0 radical (unpaired) electrons. The molecule has 0 aromatic carbocycles. The summed E-state index contributed by atoms with van der Waals surface area (Å²) < 4.78 is 0. The molecule has 0 aliphatic heterocycles. The first-order chi connectivity index (χ1) is 8.27. The van der Waals surface area contributed by atoms with Crippen LogP contribution in [0.1, 0.15) is 56.9 Å². The highest BCUT2D eigenvalue weighted by molar-refractivity contribution is 7.10. The zero-order valence-corrected chi connectivity index (χ0v) is 11.9. The molecule has 0 amide bonds. The van der Waals surface area contributed by atoms with Crippen molar-refractivity contribution in [1.29, 1.82) is 0 Å². The van der Waals surface area contributed by atoms with Crippen molar-refractivity contribution in [3.05, 3.63) is 22.4 Å². The van der Waals surface area contributed by atoms with Crippen molar-refractivity contribution < 1.29 is 0 Å². The Morgan fingerprint density at radius 3 is 2.65 bits per heavy atom. The maximum atomic E-state index is 3.80. The van der Waals surface area contributed by atoms with E-state index in [1.54, 1.807) is 0 Å². The van der Waals surface area contributed by atoms with Crippen LogP contribution in [-0.4, -0.2) is 6.54 Å². The van der Waals surface area contributed by atoms with Crippen LogP contribution in [0.4, 0.5) is 0 Å². The van der Waals surface area contributed by atoms with Crippen molar-refractivity contribution in [1.82, 2.24) is 5.32 Å². The molecule has 0 saturated heterocycles. The Bertz CT molecular complexity index is 299. The SMILES string of the molecule is CC(C)C(NCC1CCCCC1)c1cccs1. The maximum Gasteiger partial charge on any atom is 0.0438 e. The summed E-state index contributed by atoms with van der Waals surface area (Å²) in [5, 5.41) is 5.99. The first-order valence-electron chi connectivity index (χ1n) is 7.04. The van der Waals surface area contributed by atoms with Gasteiger partial charge < -0.3 is 5.32 Å². The van der Waals surface area contributed by atoms with E-state index in [4.69, 9.17) is 0 Å². The van der Waals surface area contributed by atoms with E-state index in [0.717, 1.165) is 5.92 Å². The highest BCUT2D eigenvalue weighted by atomic mass is 32.1. The summed E-state index contributed by atoms with van der Waals surface area (Å²) >= 11 is 1.88. The average molecular weight is 251 g/mol. The van der Waals surface area contributed by atoms with Crippen molar-refractivity contribution in [2.24, 2.45) is 11.8 Å². The molecule has 96 valence electrons. The zero-order chi connectivity index (χ0) is 12.1. The predicted octanol–water partition coefficient (Wildman–Crippen LogP) is 4.62. The summed E-state index contributed by atoms with van der Waals surface area (Å²) in [4.78, 5) is 1.50. The maximum absolute atomic E-state index is 3.80. The molecule has 1 aliphatic carbocycles. The number of rotatable bonds is 5. The van der Waals surface area contributed by atoms with Gasteiger partial charge in [-0.2, -0.15) is 0 Å². The minimum Gasteiger partial charge on any atom is -0.309 e. The molecule has 1 N–H and O–H groups in total. The van der Waals surface area contributed by atoms with Crippen LogP contribution >= 0.6 is 11.3 Å². The second kappa shape index (κ2) is 6.55. The molecule has 1 aliphatic rings. The molecule has 2 heteroatoms. The lowest BCUT2D eigenvalue weighted by atomic mass is 9.89. The molecule has 2 rings (SSSR count). The lowest BCUT2D eigenvalue weighted by Gasteiger charge is -2.27. The van der Waals surface area contributed by atoms with Gasteiger partial charge >= 0.3 is 0 Å². The Morgan fingerprint density at radius 2 is 2.06 bits per heavy atom. The summed E-state index contributed by atoms with van der Waals surface area (Å²) in [6.07, 6.45) is 7.20. The van der Waals surface area contributed by atoms with Crippen molar-refractivity contribution in [2.75, 3.05) is 6.54 Å². The number of nitrogens with one attached hydrogen (secondary N) is 1. The van der Waals surface area contributed by atoms with Gasteiger partial charge in [0.1, 0.15) is 0 Å². The number of thiophene rings is 1. The zero-order valence-electron chi connectivity index (χ0n) is 11.1. The predicted molar refractivity (Wildman–Crippen MR) is 76.5 cm³/mol. The minimum atomic E-state index is 0.553. The molecule has 1 aromatic heterocycles.